The van der Waals surface area contributed by atoms with Crippen molar-refractivity contribution in [2.75, 3.05) is 33.2 Å². The van der Waals surface area contributed by atoms with Crippen LogP contribution in [0.1, 0.15) is 0 Å². The molecule has 2 aromatic heterocycles. The number of nitrogens with zero attached hydrogens (tertiary/aromatic N) is 4. The molecule has 3 rings (SSSR count). The van der Waals surface area contributed by atoms with Crippen molar-refractivity contribution in [3.63, 3.8) is 0 Å². The summed E-state index contributed by atoms with van der Waals surface area (Å²) in [6.45, 7) is 3.08. The molecule has 2 aromatic rings. The van der Waals surface area contributed by atoms with Gasteiger partial charge in [-0.15, -0.1) is 0 Å². The van der Waals surface area contributed by atoms with Crippen LogP contribution in [-0.2, 0) is 0 Å². The van der Waals surface area contributed by atoms with Crippen LogP contribution < -0.4 is 4.74 Å². The van der Waals surface area contributed by atoms with Gasteiger partial charge in [-0.3, -0.25) is 4.98 Å². The van der Waals surface area contributed by atoms with Crippen LogP contribution in [0.5, 0.6) is 5.88 Å². The Hall–Kier alpha value is -2.15. The highest BCUT2D eigenvalue weighted by molar-refractivity contribution is 5.83. The van der Waals surface area contributed by atoms with Crippen molar-refractivity contribution in [1.29, 1.82) is 0 Å². The largest absolute Gasteiger partial charge is 0.416 e. The van der Waals surface area contributed by atoms with Crippen LogP contribution in [0.4, 0.5) is 4.79 Å². The number of carbonyl (C=O) groups is 1. The van der Waals surface area contributed by atoms with Crippen molar-refractivity contribution in [3.8, 4) is 5.88 Å². The Morgan fingerprint density at radius 2 is 2.00 bits per heavy atom. The number of amides is 1. The van der Waals surface area contributed by atoms with Gasteiger partial charge >= 0.3 is 6.09 Å². The number of ether oxygens (including phenoxy) is 1. The van der Waals surface area contributed by atoms with Crippen LogP contribution in [0.2, 0.25) is 0 Å². The first-order chi connectivity index (χ1) is 9.24. The summed E-state index contributed by atoms with van der Waals surface area (Å²) in [5.41, 5.74) is 1.26. The molecule has 1 N–H and O–H groups in total. The van der Waals surface area contributed by atoms with Crippen LogP contribution in [0, 0.1) is 0 Å². The Morgan fingerprint density at radius 3 is 2.79 bits per heavy atom. The molecule has 0 spiro atoms. The SMILES string of the molecule is CN1CCN(C(=O)Oc2[nH]cc3nccnc23)CC1. The van der Waals surface area contributed by atoms with Gasteiger partial charge in [-0.1, -0.05) is 0 Å². The van der Waals surface area contributed by atoms with E-state index >= 15 is 0 Å². The standard InChI is InChI=1S/C12H15N5O2/c1-16-4-6-17(7-5-16)12(18)19-11-10-9(8-15-11)13-2-3-14-10/h2-3,8,15H,4-7H2,1H3. The predicted octanol–water partition coefficient (Wildman–Crippen LogP) is 0.704. The molecule has 7 nitrogen and oxygen atoms in total. The van der Waals surface area contributed by atoms with E-state index < -0.39 is 0 Å². The zero-order chi connectivity index (χ0) is 13.2. The van der Waals surface area contributed by atoms with E-state index in [-0.39, 0.29) is 6.09 Å². The maximum absolute atomic E-state index is 12.0. The second kappa shape index (κ2) is 4.85. The van der Waals surface area contributed by atoms with E-state index in [0.717, 1.165) is 13.1 Å². The van der Waals surface area contributed by atoms with Crippen molar-refractivity contribution in [2.24, 2.45) is 0 Å². The summed E-state index contributed by atoms with van der Waals surface area (Å²) in [6, 6.07) is 0. The predicted molar refractivity (Wildman–Crippen MR) is 69.0 cm³/mol. The quantitative estimate of drug-likeness (QED) is 0.818. The topological polar surface area (TPSA) is 74.3 Å². The van der Waals surface area contributed by atoms with Crippen molar-refractivity contribution in [3.05, 3.63) is 18.6 Å². The van der Waals surface area contributed by atoms with Crippen molar-refractivity contribution < 1.29 is 9.53 Å². The molecular formula is C12H15N5O2. The first kappa shape index (κ1) is 11.9. The average Bonchev–Trinajstić information content (AvgIpc) is 2.83. The number of likely N-dealkylation sites (N-methyl/N-ethyl adjacent to an activating group) is 1. The fraction of sp³-hybridized carbons (Fsp3) is 0.417. The van der Waals surface area contributed by atoms with Gasteiger partial charge in [0.1, 0.15) is 5.52 Å². The van der Waals surface area contributed by atoms with Gasteiger partial charge in [-0.2, -0.15) is 0 Å². The highest BCUT2D eigenvalue weighted by atomic mass is 16.6. The molecule has 0 saturated carbocycles. The summed E-state index contributed by atoms with van der Waals surface area (Å²) < 4.78 is 5.35. The van der Waals surface area contributed by atoms with Gasteiger partial charge in [0.2, 0.25) is 5.88 Å². The van der Waals surface area contributed by atoms with E-state index in [0.29, 0.717) is 30.0 Å². The Labute approximate surface area is 110 Å². The van der Waals surface area contributed by atoms with E-state index in [1.54, 1.807) is 23.5 Å². The number of nitrogens with one attached hydrogen (secondary N) is 1. The number of aromatic nitrogens is 3. The first-order valence-corrected chi connectivity index (χ1v) is 6.17. The van der Waals surface area contributed by atoms with Crippen molar-refractivity contribution in [2.45, 2.75) is 0 Å². The molecule has 3 heterocycles. The molecular weight excluding hydrogens is 246 g/mol. The fourth-order valence-corrected chi connectivity index (χ4v) is 2.05. The molecule has 0 radical (unpaired) electrons. The molecule has 1 fully saturated rings. The van der Waals surface area contributed by atoms with Gasteiger partial charge in [-0.25, -0.2) is 9.78 Å². The minimum absolute atomic E-state index is 0.345. The molecule has 1 aliphatic rings. The minimum Gasteiger partial charge on any atom is -0.391 e. The lowest BCUT2D eigenvalue weighted by molar-refractivity contribution is 0.120. The van der Waals surface area contributed by atoms with E-state index in [1.807, 2.05) is 7.05 Å². The van der Waals surface area contributed by atoms with Crippen molar-refractivity contribution in [1.82, 2.24) is 24.8 Å². The first-order valence-electron chi connectivity index (χ1n) is 6.17. The van der Waals surface area contributed by atoms with Gasteiger partial charge in [0.15, 0.2) is 5.52 Å². The number of carbonyl (C=O) groups excluding carboxylic acids is 1. The summed E-state index contributed by atoms with van der Waals surface area (Å²) in [5, 5.41) is 0. The molecule has 0 unspecified atom stereocenters. The number of hydrogen-bond donors (Lipinski definition) is 1. The van der Waals surface area contributed by atoms with E-state index in [4.69, 9.17) is 4.74 Å². The molecule has 1 amide bonds. The zero-order valence-corrected chi connectivity index (χ0v) is 10.7. The smallest absolute Gasteiger partial charge is 0.391 e. The number of rotatable bonds is 1. The van der Waals surface area contributed by atoms with Crippen molar-refractivity contribution >= 4 is 17.1 Å². The normalized spacial score (nSPS) is 16.8. The van der Waals surface area contributed by atoms with Crippen LogP contribution in [-0.4, -0.2) is 64.1 Å². The van der Waals surface area contributed by atoms with Gasteiger partial charge in [0, 0.05) is 44.8 Å². The van der Waals surface area contributed by atoms with Crippen LogP contribution in [0.15, 0.2) is 18.6 Å². The number of fused-ring (bicyclic) bond motifs is 1. The average molecular weight is 261 g/mol. The molecule has 1 saturated heterocycles. The lowest BCUT2D eigenvalue weighted by Gasteiger charge is -2.31. The molecule has 0 atom stereocenters. The Balaban J connectivity index is 1.72. The van der Waals surface area contributed by atoms with Gasteiger partial charge in [-0.05, 0) is 7.05 Å². The highest BCUT2D eigenvalue weighted by Gasteiger charge is 2.22. The highest BCUT2D eigenvalue weighted by Crippen LogP contribution is 2.20. The third-order valence-corrected chi connectivity index (χ3v) is 3.23. The van der Waals surface area contributed by atoms with Crippen LogP contribution in [0.3, 0.4) is 0 Å². The lowest BCUT2D eigenvalue weighted by Crippen LogP contribution is -2.48. The lowest BCUT2D eigenvalue weighted by atomic mass is 10.3. The maximum atomic E-state index is 12.0. The summed E-state index contributed by atoms with van der Waals surface area (Å²) in [4.78, 5) is 27.1. The molecule has 1 aliphatic heterocycles. The summed E-state index contributed by atoms with van der Waals surface area (Å²) in [7, 11) is 2.04. The van der Waals surface area contributed by atoms with Gasteiger partial charge < -0.3 is 19.5 Å². The van der Waals surface area contributed by atoms with E-state index in [1.165, 1.54) is 0 Å². The monoisotopic (exact) mass is 261 g/mol. The number of piperazine rings is 1. The molecule has 0 aliphatic carbocycles. The molecule has 19 heavy (non-hydrogen) atoms. The third-order valence-electron chi connectivity index (χ3n) is 3.23. The Kier molecular flexibility index (Phi) is 3.04. The third kappa shape index (κ3) is 2.37. The van der Waals surface area contributed by atoms with Crippen LogP contribution >= 0.6 is 0 Å². The minimum atomic E-state index is -0.345. The second-order valence-electron chi connectivity index (χ2n) is 4.57. The summed E-state index contributed by atoms with van der Waals surface area (Å²) >= 11 is 0. The summed E-state index contributed by atoms with van der Waals surface area (Å²) in [5.74, 6) is 0.354. The second-order valence-corrected chi connectivity index (χ2v) is 4.57. The molecule has 0 aromatic carbocycles. The van der Waals surface area contributed by atoms with Crippen LogP contribution in [0.25, 0.3) is 11.0 Å². The Bertz CT molecular complexity index is 589. The molecule has 7 heteroatoms. The Morgan fingerprint density at radius 1 is 1.26 bits per heavy atom. The number of aromatic amines is 1. The maximum Gasteiger partial charge on any atom is 0.416 e. The van der Waals surface area contributed by atoms with Gasteiger partial charge in [0.25, 0.3) is 0 Å². The number of H-pyrrole nitrogens is 1. The molecule has 100 valence electrons. The summed E-state index contributed by atoms with van der Waals surface area (Å²) in [6.07, 6.45) is 4.50. The van der Waals surface area contributed by atoms with E-state index in [9.17, 15) is 4.79 Å². The number of hydrogen-bond acceptors (Lipinski definition) is 5. The fourth-order valence-electron chi connectivity index (χ4n) is 2.05. The molecule has 0 bridgehead atoms. The zero-order valence-electron chi connectivity index (χ0n) is 10.7. The van der Waals surface area contributed by atoms with Gasteiger partial charge in [0.05, 0.1) is 0 Å². The van der Waals surface area contributed by atoms with E-state index in [2.05, 4.69) is 19.9 Å².